The van der Waals surface area contributed by atoms with Crippen LogP contribution in [0.25, 0.3) is 5.69 Å². The number of nitro benzene ring substituents is 1. The van der Waals surface area contributed by atoms with Crippen LogP contribution in [0.2, 0.25) is 0 Å². The van der Waals surface area contributed by atoms with Gasteiger partial charge in [-0.3, -0.25) is 10.1 Å². The van der Waals surface area contributed by atoms with E-state index in [1.807, 2.05) is 12.1 Å². The fourth-order valence-corrected chi connectivity index (χ4v) is 4.13. The molecule has 2 aromatic carbocycles. The number of benzene rings is 2. The molecule has 27 heavy (non-hydrogen) atoms. The number of hydrogen-bond donors (Lipinski definition) is 1. The fourth-order valence-electron chi connectivity index (χ4n) is 2.67. The van der Waals surface area contributed by atoms with Crippen molar-refractivity contribution in [3.05, 3.63) is 76.4 Å². The van der Waals surface area contributed by atoms with E-state index in [0.717, 1.165) is 11.3 Å². The maximum atomic E-state index is 12.7. The summed E-state index contributed by atoms with van der Waals surface area (Å²) < 4.78 is 29.5. The largest absolute Gasteiger partial charge is 0.269 e. The molecule has 1 heterocycles. The van der Waals surface area contributed by atoms with E-state index < -0.39 is 21.0 Å². The van der Waals surface area contributed by atoms with Gasteiger partial charge in [-0.05, 0) is 43.2 Å². The Morgan fingerprint density at radius 1 is 1.19 bits per heavy atom. The quantitative estimate of drug-likeness (QED) is 0.512. The zero-order valence-electron chi connectivity index (χ0n) is 14.6. The standard InChI is InChI=1S/C17H17N5O4S/c1-12-9-16(22(23)24)7-8-17(12)27(25,26)20-13(2)14-3-5-15(6-4-14)21-11-18-10-19-21/h3-11,13,20H,1-2H3. The first-order chi connectivity index (χ1) is 12.8. The van der Waals surface area contributed by atoms with Gasteiger partial charge >= 0.3 is 0 Å². The third kappa shape index (κ3) is 4.01. The van der Waals surface area contributed by atoms with E-state index in [9.17, 15) is 18.5 Å². The van der Waals surface area contributed by atoms with E-state index in [2.05, 4.69) is 14.8 Å². The number of rotatable bonds is 6. The van der Waals surface area contributed by atoms with Crippen LogP contribution in [0.15, 0.2) is 60.0 Å². The molecular formula is C17H17N5O4S. The number of hydrogen-bond acceptors (Lipinski definition) is 6. The summed E-state index contributed by atoms with van der Waals surface area (Å²) in [6.45, 7) is 3.25. The van der Waals surface area contributed by atoms with Gasteiger partial charge in [-0.25, -0.2) is 22.8 Å². The predicted molar refractivity (Wildman–Crippen MR) is 97.9 cm³/mol. The molecule has 0 saturated carbocycles. The number of sulfonamides is 1. The van der Waals surface area contributed by atoms with Crippen LogP contribution < -0.4 is 4.72 Å². The SMILES string of the molecule is Cc1cc([N+](=O)[O-])ccc1S(=O)(=O)NC(C)c1ccc(-n2cncn2)cc1. The summed E-state index contributed by atoms with van der Waals surface area (Å²) in [5, 5.41) is 14.9. The van der Waals surface area contributed by atoms with Crippen molar-refractivity contribution in [1.29, 1.82) is 0 Å². The lowest BCUT2D eigenvalue weighted by molar-refractivity contribution is -0.385. The van der Waals surface area contributed by atoms with Gasteiger partial charge in [0.25, 0.3) is 5.69 Å². The number of nitro groups is 1. The molecule has 1 unspecified atom stereocenters. The van der Waals surface area contributed by atoms with Crippen molar-refractivity contribution in [2.24, 2.45) is 0 Å². The molecule has 0 amide bonds. The Bertz CT molecular complexity index is 1060. The summed E-state index contributed by atoms with van der Waals surface area (Å²) in [4.78, 5) is 14.2. The first-order valence-corrected chi connectivity index (χ1v) is 9.48. The Morgan fingerprint density at radius 3 is 2.44 bits per heavy atom. The molecule has 0 aliphatic rings. The molecule has 9 nitrogen and oxygen atoms in total. The van der Waals surface area contributed by atoms with Crippen molar-refractivity contribution in [3.8, 4) is 5.69 Å². The molecule has 3 rings (SSSR count). The van der Waals surface area contributed by atoms with E-state index in [0.29, 0.717) is 5.56 Å². The van der Waals surface area contributed by atoms with Crippen molar-refractivity contribution in [3.63, 3.8) is 0 Å². The highest BCUT2D eigenvalue weighted by atomic mass is 32.2. The molecule has 3 aromatic rings. The maximum Gasteiger partial charge on any atom is 0.269 e. The van der Waals surface area contributed by atoms with E-state index >= 15 is 0 Å². The van der Waals surface area contributed by atoms with Crippen LogP contribution in [0.5, 0.6) is 0 Å². The van der Waals surface area contributed by atoms with Crippen LogP contribution in [-0.4, -0.2) is 28.1 Å². The second-order valence-corrected chi connectivity index (χ2v) is 7.66. The Kier molecular flexibility index (Phi) is 5.02. The van der Waals surface area contributed by atoms with Gasteiger partial charge in [-0.1, -0.05) is 12.1 Å². The van der Waals surface area contributed by atoms with Crippen molar-refractivity contribution in [1.82, 2.24) is 19.5 Å². The Morgan fingerprint density at radius 2 is 1.89 bits per heavy atom. The molecule has 1 N–H and O–H groups in total. The van der Waals surface area contributed by atoms with Gasteiger partial charge in [0, 0.05) is 18.2 Å². The third-order valence-corrected chi connectivity index (χ3v) is 5.77. The average molecular weight is 387 g/mol. The predicted octanol–water partition coefficient (Wildman–Crippen LogP) is 2.52. The molecule has 1 aromatic heterocycles. The van der Waals surface area contributed by atoms with Crippen LogP contribution >= 0.6 is 0 Å². The lowest BCUT2D eigenvalue weighted by atomic mass is 10.1. The Balaban J connectivity index is 1.80. The van der Waals surface area contributed by atoms with E-state index in [-0.39, 0.29) is 10.6 Å². The highest BCUT2D eigenvalue weighted by Gasteiger charge is 2.22. The number of aromatic nitrogens is 3. The van der Waals surface area contributed by atoms with Crippen molar-refractivity contribution < 1.29 is 13.3 Å². The van der Waals surface area contributed by atoms with Gasteiger partial charge in [0.2, 0.25) is 10.0 Å². The average Bonchev–Trinajstić information content (AvgIpc) is 3.15. The second kappa shape index (κ2) is 7.25. The number of nitrogens with zero attached hydrogens (tertiary/aromatic N) is 4. The van der Waals surface area contributed by atoms with Crippen LogP contribution in [-0.2, 0) is 10.0 Å². The molecule has 140 valence electrons. The van der Waals surface area contributed by atoms with Crippen molar-refractivity contribution >= 4 is 15.7 Å². The van der Waals surface area contributed by atoms with Gasteiger partial charge in [0.15, 0.2) is 0 Å². The molecule has 1 atom stereocenters. The van der Waals surface area contributed by atoms with E-state index in [4.69, 9.17) is 0 Å². The smallest absolute Gasteiger partial charge is 0.258 e. The van der Waals surface area contributed by atoms with Gasteiger partial charge in [-0.15, -0.1) is 0 Å². The summed E-state index contributed by atoms with van der Waals surface area (Å²) in [6.07, 6.45) is 3.00. The minimum absolute atomic E-state index is 0.0131. The Hall–Kier alpha value is -3.11. The summed E-state index contributed by atoms with van der Waals surface area (Å²) in [6, 6.07) is 10.4. The molecule has 0 aliphatic carbocycles. The molecule has 0 radical (unpaired) electrons. The van der Waals surface area contributed by atoms with Gasteiger partial charge in [-0.2, -0.15) is 5.10 Å². The number of aryl methyl sites for hydroxylation is 1. The molecule has 0 fully saturated rings. The zero-order valence-corrected chi connectivity index (χ0v) is 15.4. The van der Waals surface area contributed by atoms with Crippen LogP contribution in [0.4, 0.5) is 5.69 Å². The monoisotopic (exact) mass is 387 g/mol. The normalized spacial score (nSPS) is 12.7. The highest BCUT2D eigenvalue weighted by molar-refractivity contribution is 7.89. The first-order valence-electron chi connectivity index (χ1n) is 8.00. The molecule has 10 heteroatoms. The fraction of sp³-hybridized carbons (Fsp3) is 0.176. The third-order valence-electron chi connectivity index (χ3n) is 4.07. The lowest BCUT2D eigenvalue weighted by Gasteiger charge is -2.16. The van der Waals surface area contributed by atoms with E-state index in [1.54, 1.807) is 30.1 Å². The lowest BCUT2D eigenvalue weighted by Crippen LogP contribution is -2.27. The Labute approximate surface area is 155 Å². The second-order valence-electron chi connectivity index (χ2n) is 5.98. The highest BCUT2D eigenvalue weighted by Crippen LogP contribution is 2.23. The molecule has 0 spiro atoms. The van der Waals surface area contributed by atoms with Gasteiger partial charge in [0.1, 0.15) is 12.7 Å². The molecule has 0 saturated heterocycles. The minimum atomic E-state index is -3.83. The summed E-state index contributed by atoms with van der Waals surface area (Å²) in [7, 11) is -3.83. The summed E-state index contributed by atoms with van der Waals surface area (Å²) in [5.41, 5.74) is 1.73. The van der Waals surface area contributed by atoms with Gasteiger partial charge < -0.3 is 0 Å². The van der Waals surface area contributed by atoms with Crippen molar-refractivity contribution in [2.45, 2.75) is 24.8 Å². The van der Waals surface area contributed by atoms with Gasteiger partial charge in [0.05, 0.1) is 15.5 Å². The van der Waals surface area contributed by atoms with Crippen LogP contribution in [0.1, 0.15) is 24.1 Å². The number of non-ortho nitro benzene ring substituents is 1. The minimum Gasteiger partial charge on any atom is -0.258 e. The zero-order chi connectivity index (χ0) is 19.6. The van der Waals surface area contributed by atoms with Crippen LogP contribution in [0.3, 0.4) is 0 Å². The maximum absolute atomic E-state index is 12.7. The topological polar surface area (TPSA) is 120 Å². The van der Waals surface area contributed by atoms with Crippen molar-refractivity contribution in [2.75, 3.05) is 0 Å². The van der Waals surface area contributed by atoms with E-state index in [1.165, 1.54) is 31.5 Å². The molecular weight excluding hydrogens is 370 g/mol. The molecule has 0 aliphatic heterocycles. The first kappa shape index (κ1) is 18.7. The summed E-state index contributed by atoms with van der Waals surface area (Å²) in [5.74, 6) is 0. The number of nitrogens with one attached hydrogen (secondary N) is 1. The summed E-state index contributed by atoms with van der Waals surface area (Å²) >= 11 is 0. The van der Waals surface area contributed by atoms with Crippen LogP contribution in [0, 0.1) is 17.0 Å². The molecule has 0 bridgehead atoms.